The highest BCUT2D eigenvalue weighted by Crippen LogP contribution is 2.26. The second-order valence-corrected chi connectivity index (χ2v) is 6.28. The van der Waals surface area contributed by atoms with E-state index in [0.717, 1.165) is 23.5 Å². The molecule has 0 N–H and O–H groups in total. The van der Waals surface area contributed by atoms with Crippen LogP contribution in [-0.2, 0) is 18.0 Å². The van der Waals surface area contributed by atoms with Crippen molar-refractivity contribution in [2.75, 3.05) is 13.6 Å². The molecular formula is C20H20FN5O. The SMILES string of the molecule is CCN(C)OCc1nnc2n1-c1ccc(F)cc1C(c1ccccc1)=NC2. The molecule has 2 aromatic carbocycles. The van der Waals surface area contributed by atoms with Gasteiger partial charge in [-0.05, 0) is 18.2 Å². The third-order valence-corrected chi connectivity index (χ3v) is 4.54. The van der Waals surface area contributed by atoms with E-state index in [1.54, 1.807) is 11.1 Å². The number of benzene rings is 2. The summed E-state index contributed by atoms with van der Waals surface area (Å²) < 4.78 is 16.0. The van der Waals surface area contributed by atoms with Crippen LogP contribution < -0.4 is 0 Å². The van der Waals surface area contributed by atoms with Gasteiger partial charge in [-0.3, -0.25) is 14.4 Å². The summed E-state index contributed by atoms with van der Waals surface area (Å²) in [5.41, 5.74) is 3.19. The largest absolute Gasteiger partial charge is 0.291 e. The van der Waals surface area contributed by atoms with Gasteiger partial charge >= 0.3 is 0 Å². The molecule has 0 saturated carbocycles. The van der Waals surface area contributed by atoms with Crippen LogP contribution in [0.3, 0.4) is 0 Å². The summed E-state index contributed by atoms with van der Waals surface area (Å²) in [6.07, 6.45) is 0. The van der Waals surface area contributed by atoms with Gasteiger partial charge in [0.05, 0.1) is 11.4 Å². The van der Waals surface area contributed by atoms with Gasteiger partial charge in [0.25, 0.3) is 0 Å². The fraction of sp³-hybridized carbons (Fsp3) is 0.250. The van der Waals surface area contributed by atoms with Gasteiger partial charge in [0, 0.05) is 24.7 Å². The van der Waals surface area contributed by atoms with Crippen LogP contribution in [0.4, 0.5) is 4.39 Å². The molecule has 0 bridgehead atoms. The highest BCUT2D eigenvalue weighted by atomic mass is 19.1. The molecule has 1 aliphatic heterocycles. The van der Waals surface area contributed by atoms with E-state index in [4.69, 9.17) is 9.83 Å². The Hall–Kier alpha value is -2.90. The van der Waals surface area contributed by atoms with Crippen molar-refractivity contribution in [3.05, 3.63) is 77.1 Å². The first kappa shape index (κ1) is 17.5. The van der Waals surface area contributed by atoms with Crippen LogP contribution in [0, 0.1) is 5.82 Å². The summed E-state index contributed by atoms with van der Waals surface area (Å²) >= 11 is 0. The Morgan fingerprint density at radius 1 is 1.15 bits per heavy atom. The summed E-state index contributed by atoms with van der Waals surface area (Å²) in [6, 6.07) is 14.5. The van der Waals surface area contributed by atoms with Crippen molar-refractivity contribution in [1.82, 2.24) is 19.8 Å². The maximum absolute atomic E-state index is 14.1. The Morgan fingerprint density at radius 2 is 1.96 bits per heavy atom. The molecular weight excluding hydrogens is 345 g/mol. The van der Waals surface area contributed by atoms with Crippen molar-refractivity contribution in [2.45, 2.75) is 20.1 Å². The lowest BCUT2D eigenvalue weighted by Crippen LogP contribution is -2.19. The van der Waals surface area contributed by atoms with Gasteiger partial charge in [0.1, 0.15) is 19.0 Å². The third-order valence-electron chi connectivity index (χ3n) is 4.54. The maximum atomic E-state index is 14.1. The van der Waals surface area contributed by atoms with Gasteiger partial charge < -0.3 is 0 Å². The number of aliphatic imine (C=N–C) groups is 1. The van der Waals surface area contributed by atoms with Crippen LogP contribution in [0.5, 0.6) is 0 Å². The zero-order chi connectivity index (χ0) is 18.8. The summed E-state index contributed by atoms with van der Waals surface area (Å²) in [4.78, 5) is 10.4. The van der Waals surface area contributed by atoms with Gasteiger partial charge in [0.2, 0.25) is 0 Å². The minimum absolute atomic E-state index is 0.273. The molecule has 0 spiro atoms. The lowest BCUT2D eigenvalue weighted by atomic mass is 10.0. The molecule has 1 aliphatic rings. The first-order valence-electron chi connectivity index (χ1n) is 8.84. The average molecular weight is 365 g/mol. The Morgan fingerprint density at radius 3 is 2.74 bits per heavy atom. The van der Waals surface area contributed by atoms with E-state index in [-0.39, 0.29) is 12.4 Å². The van der Waals surface area contributed by atoms with Gasteiger partial charge in [-0.1, -0.05) is 37.3 Å². The van der Waals surface area contributed by atoms with Gasteiger partial charge in [-0.2, -0.15) is 5.06 Å². The molecule has 2 heterocycles. The molecule has 7 heteroatoms. The fourth-order valence-corrected chi connectivity index (χ4v) is 3.06. The Balaban J connectivity index is 1.82. The number of halogens is 1. The molecule has 6 nitrogen and oxygen atoms in total. The normalized spacial score (nSPS) is 13.1. The van der Waals surface area contributed by atoms with Crippen molar-refractivity contribution >= 4 is 5.71 Å². The molecule has 138 valence electrons. The smallest absolute Gasteiger partial charge is 0.165 e. The molecule has 0 radical (unpaired) electrons. The summed E-state index contributed by atoms with van der Waals surface area (Å²) in [5.74, 6) is 1.05. The summed E-state index contributed by atoms with van der Waals surface area (Å²) in [5, 5.41) is 10.3. The van der Waals surface area contributed by atoms with E-state index in [1.807, 2.05) is 48.9 Å². The van der Waals surface area contributed by atoms with Gasteiger partial charge in [-0.25, -0.2) is 4.39 Å². The lowest BCUT2D eigenvalue weighted by molar-refractivity contribution is -0.149. The molecule has 0 unspecified atom stereocenters. The van der Waals surface area contributed by atoms with Crippen molar-refractivity contribution in [2.24, 2.45) is 4.99 Å². The van der Waals surface area contributed by atoms with Crippen LogP contribution >= 0.6 is 0 Å². The van der Waals surface area contributed by atoms with Crippen molar-refractivity contribution < 1.29 is 9.23 Å². The number of nitrogens with zero attached hydrogens (tertiary/aromatic N) is 5. The molecule has 0 fully saturated rings. The molecule has 0 aliphatic carbocycles. The third kappa shape index (κ3) is 3.39. The van der Waals surface area contributed by atoms with E-state index in [2.05, 4.69) is 10.2 Å². The Kier molecular flexibility index (Phi) is 4.79. The van der Waals surface area contributed by atoms with Crippen LogP contribution in [0.15, 0.2) is 53.5 Å². The summed E-state index contributed by atoms with van der Waals surface area (Å²) in [6.45, 7) is 3.39. The fourth-order valence-electron chi connectivity index (χ4n) is 3.06. The molecule has 0 amide bonds. The van der Waals surface area contributed by atoms with E-state index >= 15 is 0 Å². The van der Waals surface area contributed by atoms with E-state index < -0.39 is 0 Å². The number of aromatic nitrogens is 3. The minimum Gasteiger partial charge on any atom is -0.291 e. The first-order chi connectivity index (χ1) is 13.2. The maximum Gasteiger partial charge on any atom is 0.165 e. The molecule has 0 saturated heterocycles. The number of hydrogen-bond donors (Lipinski definition) is 0. The van der Waals surface area contributed by atoms with Crippen LogP contribution in [0.1, 0.15) is 29.7 Å². The van der Waals surface area contributed by atoms with Gasteiger partial charge in [0.15, 0.2) is 11.6 Å². The average Bonchev–Trinajstić information content (AvgIpc) is 3.02. The number of fused-ring (bicyclic) bond motifs is 3. The topological polar surface area (TPSA) is 55.5 Å². The molecule has 1 aromatic heterocycles. The second kappa shape index (κ2) is 7.38. The van der Waals surface area contributed by atoms with Crippen LogP contribution in [-0.4, -0.2) is 39.1 Å². The van der Waals surface area contributed by atoms with Crippen molar-refractivity contribution in [3.63, 3.8) is 0 Å². The second-order valence-electron chi connectivity index (χ2n) is 6.28. The van der Waals surface area contributed by atoms with Crippen LogP contribution in [0.2, 0.25) is 0 Å². The lowest BCUT2D eigenvalue weighted by Gasteiger charge is -2.16. The standard InChI is InChI=1S/C20H20FN5O/c1-3-25(2)27-13-19-24-23-18-12-22-20(14-7-5-4-6-8-14)16-11-15(21)9-10-17(16)26(18)19/h4-11H,3,12-13H2,1-2H3. The predicted octanol–water partition coefficient (Wildman–Crippen LogP) is 3.14. The number of rotatable bonds is 5. The minimum atomic E-state index is -0.308. The zero-order valence-electron chi connectivity index (χ0n) is 15.3. The molecule has 3 aromatic rings. The molecule has 27 heavy (non-hydrogen) atoms. The van der Waals surface area contributed by atoms with E-state index in [9.17, 15) is 4.39 Å². The quantitative estimate of drug-likeness (QED) is 0.652. The van der Waals surface area contributed by atoms with Crippen LogP contribution in [0.25, 0.3) is 5.69 Å². The number of hydroxylamine groups is 2. The summed E-state index contributed by atoms with van der Waals surface area (Å²) in [7, 11) is 1.86. The number of hydrogen-bond acceptors (Lipinski definition) is 5. The zero-order valence-corrected chi connectivity index (χ0v) is 15.3. The highest BCUT2D eigenvalue weighted by Gasteiger charge is 2.23. The van der Waals surface area contributed by atoms with Gasteiger partial charge in [-0.15, -0.1) is 10.2 Å². The van der Waals surface area contributed by atoms with E-state index in [1.165, 1.54) is 12.1 Å². The molecule has 4 rings (SSSR count). The highest BCUT2D eigenvalue weighted by molar-refractivity contribution is 6.15. The predicted molar refractivity (Wildman–Crippen MR) is 100 cm³/mol. The van der Waals surface area contributed by atoms with Crippen molar-refractivity contribution in [1.29, 1.82) is 0 Å². The Labute approximate surface area is 156 Å². The van der Waals surface area contributed by atoms with E-state index in [0.29, 0.717) is 23.8 Å². The van der Waals surface area contributed by atoms with Crippen molar-refractivity contribution in [3.8, 4) is 5.69 Å². The monoisotopic (exact) mass is 365 g/mol. The Bertz CT molecular complexity index is 983. The molecule has 0 atom stereocenters. The first-order valence-corrected chi connectivity index (χ1v) is 8.84.